The van der Waals surface area contributed by atoms with Gasteiger partial charge in [-0.3, -0.25) is 9.59 Å². The number of ketones is 1. The second-order valence-electron chi connectivity index (χ2n) is 3.84. The van der Waals surface area contributed by atoms with Gasteiger partial charge in [0.15, 0.2) is 5.78 Å². The molecule has 86 valence electrons. The number of carboxylic acids is 1. The predicted octanol–water partition coefficient (Wildman–Crippen LogP) is 3.13. The molecule has 1 aromatic carbocycles. The molecule has 0 fully saturated rings. The smallest absolute Gasteiger partial charge is 0.303 e. The number of rotatable bonds is 5. The maximum Gasteiger partial charge on any atom is 0.303 e. The summed E-state index contributed by atoms with van der Waals surface area (Å²) >= 11 is 3.29. The lowest BCUT2D eigenvalue weighted by Gasteiger charge is -2.07. The fourth-order valence-electron chi connectivity index (χ4n) is 1.44. The van der Waals surface area contributed by atoms with E-state index in [2.05, 4.69) is 15.9 Å². The van der Waals surface area contributed by atoms with Gasteiger partial charge >= 0.3 is 5.97 Å². The van der Waals surface area contributed by atoms with Crippen molar-refractivity contribution in [2.45, 2.75) is 19.8 Å². The summed E-state index contributed by atoms with van der Waals surface area (Å²) in [5.74, 6) is -1.01. The van der Waals surface area contributed by atoms with Crippen LogP contribution < -0.4 is 0 Å². The minimum Gasteiger partial charge on any atom is -0.481 e. The SMILES string of the molecule is CC(CC(=O)O)CC(=O)c1ccc(Br)cc1. The maximum absolute atomic E-state index is 11.7. The van der Waals surface area contributed by atoms with E-state index in [4.69, 9.17) is 5.11 Å². The van der Waals surface area contributed by atoms with Gasteiger partial charge in [-0.15, -0.1) is 0 Å². The van der Waals surface area contributed by atoms with Gasteiger partial charge in [-0.25, -0.2) is 0 Å². The molecule has 1 aromatic rings. The van der Waals surface area contributed by atoms with Crippen molar-refractivity contribution in [1.82, 2.24) is 0 Å². The Kier molecular flexibility index (Phi) is 4.68. The number of hydrogen-bond acceptors (Lipinski definition) is 2. The number of carbonyl (C=O) groups is 2. The first-order valence-corrected chi connectivity index (χ1v) is 5.79. The predicted molar refractivity (Wildman–Crippen MR) is 64.5 cm³/mol. The van der Waals surface area contributed by atoms with E-state index in [1.165, 1.54) is 0 Å². The Bertz CT molecular complexity index is 384. The van der Waals surface area contributed by atoms with Gasteiger partial charge in [-0.1, -0.05) is 35.0 Å². The molecule has 0 saturated heterocycles. The summed E-state index contributed by atoms with van der Waals surface area (Å²) in [5, 5.41) is 8.59. The molecule has 1 atom stereocenters. The van der Waals surface area contributed by atoms with Crippen LogP contribution in [0.4, 0.5) is 0 Å². The van der Waals surface area contributed by atoms with E-state index in [1.807, 2.05) is 0 Å². The number of Topliss-reactive ketones (excluding diaryl/α,β-unsaturated/α-hetero) is 1. The number of halogens is 1. The normalized spacial score (nSPS) is 12.1. The highest BCUT2D eigenvalue weighted by molar-refractivity contribution is 9.10. The molecule has 0 aliphatic heterocycles. The summed E-state index contributed by atoms with van der Waals surface area (Å²) in [6, 6.07) is 7.07. The molecule has 1 unspecified atom stereocenters. The van der Waals surface area contributed by atoms with Gasteiger partial charge in [-0.2, -0.15) is 0 Å². The summed E-state index contributed by atoms with van der Waals surface area (Å²) in [5.41, 5.74) is 0.625. The number of benzene rings is 1. The van der Waals surface area contributed by atoms with Crippen molar-refractivity contribution >= 4 is 27.7 Å². The summed E-state index contributed by atoms with van der Waals surface area (Å²) in [6.45, 7) is 1.77. The number of aliphatic carboxylic acids is 1. The number of hydrogen-bond donors (Lipinski definition) is 1. The first kappa shape index (κ1) is 12.9. The van der Waals surface area contributed by atoms with Crippen molar-refractivity contribution in [1.29, 1.82) is 0 Å². The molecule has 0 radical (unpaired) electrons. The van der Waals surface area contributed by atoms with Gasteiger partial charge in [0, 0.05) is 22.9 Å². The molecule has 0 aromatic heterocycles. The largest absolute Gasteiger partial charge is 0.481 e. The molecular formula is C12H13BrO3. The van der Waals surface area contributed by atoms with E-state index in [1.54, 1.807) is 31.2 Å². The van der Waals surface area contributed by atoms with E-state index in [9.17, 15) is 9.59 Å². The van der Waals surface area contributed by atoms with E-state index in [0.717, 1.165) is 4.47 Å². The van der Waals surface area contributed by atoms with Crippen LogP contribution in [0.2, 0.25) is 0 Å². The summed E-state index contributed by atoms with van der Waals surface area (Å²) in [4.78, 5) is 22.2. The van der Waals surface area contributed by atoms with Crippen LogP contribution in [-0.4, -0.2) is 16.9 Å². The van der Waals surface area contributed by atoms with E-state index >= 15 is 0 Å². The minimum absolute atomic E-state index is 0.0127. The van der Waals surface area contributed by atoms with Gasteiger partial charge in [0.05, 0.1) is 0 Å². The zero-order valence-corrected chi connectivity index (χ0v) is 10.5. The average molecular weight is 285 g/mol. The lowest BCUT2D eigenvalue weighted by atomic mass is 9.97. The van der Waals surface area contributed by atoms with Gasteiger partial charge < -0.3 is 5.11 Å². The van der Waals surface area contributed by atoms with Crippen molar-refractivity contribution in [2.75, 3.05) is 0 Å². The molecule has 0 aliphatic rings. The molecule has 0 bridgehead atoms. The third kappa shape index (κ3) is 4.14. The molecule has 1 N–H and O–H groups in total. The monoisotopic (exact) mass is 284 g/mol. The first-order valence-electron chi connectivity index (χ1n) is 4.99. The average Bonchev–Trinajstić information content (AvgIpc) is 2.16. The zero-order chi connectivity index (χ0) is 12.1. The molecule has 4 heteroatoms. The first-order chi connectivity index (χ1) is 7.49. The van der Waals surface area contributed by atoms with Gasteiger partial charge in [0.1, 0.15) is 0 Å². The molecule has 0 aliphatic carbocycles. The summed E-state index contributed by atoms with van der Waals surface area (Å²) in [6.07, 6.45) is 0.302. The zero-order valence-electron chi connectivity index (χ0n) is 8.94. The van der Waals surface area contributed by atoms with Crippen molar-refractivity contribution in [2.24, 2.45) is 5.92 Å². The summed E-state index contributed by atoms with van der Waals surface area (Å²) in [7, 11) is 0. The van der Waals surface area contributed by atoms with Crippen LogP contribution in [0, 0.1) is 5.92 Å². The Morgan fingerprint density at radius 1 is 1.25 bits per heavy atom. The maximum atomic E-state index is 11.7. The lowest BCUT2D eigenvalue weighted by Crippen LogP contribution is -2.10. The van der Waals surface area contributed by atoms with Crippen LogP contribution in [-0.2, 0) is 4.79 Å². The standard InChI is InChI=1S/C12H13BrO3/c1-8(7-12(15)16)6-11(14)9-2-4-10(13)5-3-9/h2-5,8H,6-7H2,1H3,(H,15,16). The third-order valence-electron chi connectivity index (χ3n) is 2.22. The van der Waals surface area contributed by atoms with Gasteiger partial charge in [0.25, 0.3) is 0 Å². The molecule has 1 rings (SSSR count). The highest BCUT2D eigenvalue weighted by atomic mass is 79.9. The Labute approximate surface area is 103 Å². The highest BCUT2D eigenvalue weighted by Gasteiger charge is 2.13. The molecule has 0 amide bonds. The van der Waals surface area contributed by atoms with Crippen LogP contribution in [0.5, 0.6) is 0 Å². The summed E-state index contributed by atoms with van der Waals surface area (Å²) < 4.78 is 0.919. The molecular weight excluding hydrogens is 272 g/mol. The Balaban J connectivity index is 2.58. The Morgan fingerprint density at radius 3 is 2.31 bits per heavy atom. The Hall–Kier alpha value is -1.16. The molecule has 3 nitrogen and oxygen atoms in total. The van der Waals surface area contributed by atoms with Crippen molar-refractivity contribution < 1.29 is 14.7 Å². The number of carbonyl (C=O) groups excluding carboxylic acids is 1. The van der Waals surface area contributed by atoms with Crippen LogP contribution in [0.25, 0.3) is 0 Å². The topological polar surface area (TPSA) is 54.4 Å². The van der Waals surface area contributed by atoms with Crippen LogP contribution in [0.1, 0.15) is 30.1 Å². The molecule has 0 heterocycles. The van der Waals surface area contributed by atoms with E-state index < -0.39 is 5.97 Å². The minimum atomic E-state index is -0.865. The van der Waals surface area contributed by atoms with Crippen molar-refractivity contribution in [3.63, 3.8) is 0 Å². The third-order valence-corrected chi connectivity index (χ3v) is 2.75. The second-order valence-corrected chi connectivity index (χ2v) is 4.75. The van der Waals surface area contributed by atoms with Gasteiger partial charge in [-0.05, 0) is 18.1 Å². The fourth-order valence-corrected chi connectivity index (χ4v) is 1.70. The van der Waals surface area contributed by atoms with Crippen molar-refractivity contribution in [3.8, 4) is 0 Å². The lowest BCUT2D eigenvalue weighted by molar-refractivity contribution is -0.137. The molecule has 0 spiro atoms. The molecule has 0 saturated carbocycles. The van der Waals surface area contributed by atoms with Gasteiger partial charge in [0.2, 0.25) is 0 Å². The van der Waals surface area contributed by atoms with Crippen LogP contribution in [0.3, 0.4) is 0 Å². The Morgan fingerprint density at radius 2 is 1.81 bits per heavy atom. The fraction of sp³-hybridized carbons (Fsp3) is 0.333. The van der Waals surface area contributed by atoms with E-state index in [-0.39, 0.29) is 24.5 Å². The number of carboxylic acid groups (broad SMARTS) is 1. The molecule has 16 heavy (non-hydrogen) atoms. The quantitative estimate of drug-likeness (QED) is 0.845. The van der Waals surface area contributed by atoms with Crippen LogP contribution in [0.15, 0.2) is 28.7 Å². The second kappa shape index (κ2) is 5.80. The highest BCUT2D eigenvalue weighted by Crippen LogP contribution is 2.15. The van der Waals surface area contributed by atoms with Crippen LogP contribution >= 0.6 is 15.9 Å². The van der Waals surface area contributed by atoms with E-state index in [0.29, 0.717) is 5.56 Å². The van der Waals surface area contributed by atoms with Crippen molar-refractivity contribution in [3.05, 3.63) is 34.3 Å².